The normalized spacial score (nSPS) is 18.7. The van der Waals surface area contributed by atoms with E-state index in [9.17, 15) is 9.59 Å². The van der Waals surface area contributed by atoms with Crippen LogP contribution in [0.2, 0.25) is 0 Å². The number of likely N-dealkylation sites (tertiary alicyclic amines) is 1. The summed E-state index contributed by atoms with van der Waals surface area (Å²) in [6.45, 7) is 10.1. The lowest BCUT2D eigenvalue weighted by atomic mass is 9.98. The standard InChI is InChI=1S/C20H28N6O2S/c1-5-25(6-2)15-12-14(8-10-22-15)16-13(3)23-18(29-16)24-19(28)26-11-7-9-20(26,4)17(21)27/h8,10,12H,5-7,9,11H2,1-4H3,(H2,21,27)(H,23,24,28)/t20-/m0/s1. The molecule has 9 heteroatoms. The van der Waals surface area contributed by atoms with Crippen molar-refractivity contribution in [2.24, 2.45) is 5.73 Å². The first-order valence-electron chi connectivity index (χ1n) is 9.87. The molecule has 1 aliphatic heterocycles. The second-order valence-corrected chi connectivity index (χ2v) is 8.33. The summed E-state index contributed by atoms with van der Waals surface area (Å²) in [5, 5.41) is 3.35. The minimum Gasteiger partial charge on any atom is -0.368 e. The molecule has 29 heavy (non-hydrogen) atoms. The van der Waals surface area contributed by atoms with Crippen LogP contribution in [-0.4, -0.2) is 52.0 Å². The summed E-state index contributed by atoms with van der Waals surface area (Å²) in [5.74, 6) is 0.432. The number of carbonyl (C=O) groups excluding carboxylic acids is 2. The van der Waals surface area contributed by atoms with Crippen molar-refractivity contribution < 1.29 is 9.59 Å². The van der Waals surface area contributed by atoms with Crippen LogP contribution < -0.4 is 16.0 Å². The molecular weight excluding hydrogens is 388 g/mol. The van der Waals surface area contributed by atoms with Gasteiger partial charge in [-0.15, -0.1) is 0 Å². The third kappa shape index (κ3) is 4.05. The Labute approximate surface area is 175 Å². The van der Waals surface area contributed by atoms with Crippen molar-refractivity contribution in [2.75, 3.05) is 29.9 Å². The van der Waals surface area contributed by atoms with Gasteiger partial charge in [0.25, 0.3) is 0 Å². The Morgan fingerprint density at radius 1 is 1.38 bits per heavy atom. The number of carbonyl (C=O) groups is 2. The maximum absolute atomic E-state index is 12.8. The van der Waals surface area contributed by atoms with Crippen molar-refractivity contribution in [1.82, 2.24) is 14.9 Å². The number of aromatic nitrogens is 2. The molecule has 8 nitrogen and oxygen atoms in total. The molecule has 1 saturated heterocycles. The molecule has 156 valence electrons. The molecule has 0 aliphatic carbocycles. The van der Waals surface area contributed by atoms with Crippen LogP contribution in [0.5, 0.6) is 0 Å². The Hall–Kier alpha value is -2.68. The zero-order chi connectivity index (χ0) is 21.2. The lowest BCUT2D eigenvalue weighted by Crippen LogP contribution is -2.55. The summed E-state index contributed by atoms with van der Waals surface area (Å²) >= 11 is 1.41. The van der Waals surface area contributed by atoms with Crippen LogP contribution in [-0.2, 0) is 4.79 Å². The molecule has 2 aromatic rings. The van der Waals surface area contributed by atoms with Crippen LogP contribution in [0.3, 0.4) is 0 Å². The maximum Gasteiger partial charge on any atom is 0.324 e. The van der Waals surface area contributed by atoms with Gasteiger partial charge in [-0.25, -0.2) is 14.8 Å². The second kappa shape index (κ2) is 8.36. The highest BCUT2D eigenvalue weighted by molar-refractivity contribution is 7.19. The molecule has 2 aromatic heterocycles. The highest BCUT2D eigenvalue weighted by atomic mass is 32.1. The molecule has 0 spiro atoms. The lowest BCUT2D eigenvalue weighted by molar-refractivity contribution is -0.126. The summed E-state index contributed by atoms with van der Waals surface area (Å²) in [6, 6.07) is 3.65. The van der Waals surface area contributed by atoms with Gasteiger partial charge in [-0.1, -0.05) is 11.3 Å². The number of primary amides is 1. The van der Waals surface area contributed by atoms with Gasteiger partial charge < -0.3 is 15.5 Å². The van der Waals surface area contributed by atoms with E-state index >= 15 is 0 Å². The number of anilines is 2. The van der Waals surface area contributed by atoms with Crippen molar-refractivity contribution in [1.29, 1.82) is 0 Å². The largest absolute Gasteiger partial charge is 0.368 e. The zero-order valence-corrected chi connectivity index (χ0v) is 18.2. The third-order valence-corrected chi connectivity index (χ3v) is 6.64. The minimum absolute atomic E-state index is 0.345. The first-order valence-corrected chi connectivity index (χ1v) is 10.7. The monoisotopic (exact) mass is 416 g/mol. The van der Waals surface area contributed by atoms with Crippen molar-refractivity contribution >= 4 is 34.2 Å². The third-order valence-electron chi connectivity index (χ3n) is 5.52. The number of nitrogens with zero attached hydrogens (tertiary/aromatic N) is 4. The van der Waals surface area contributed by atoms with Gasteiger partial charge in [-0.3, -0.25) is 10.1 Å². The highest BCUT2D eigenvalue weighted by Crippen LogP contribution is 2.35. The van der Waals surface area contributed by atoms with Gasteiger partial charge in [0, 0.05) is 25.8 Å². The van der Waals surface area contributed by atoms with E-state index < -0.39 is 11.4 Å². The van der Waals surface area contributed by atoms with Crippen molar-refractivity contribution in [2.45, 2.75) is 46.1 Å². The van der Waals surface area contributed by atoms with Gasteiger partial charge in [0.2, 0.25) is 5.91 Å². The van der Waals surface area contributed by atoms with E-state index in [-0.39, 0.29) is 6.03 Å². The molecular formula is C20H28N6O2S. The lowest BCUT2D eigenvalue weighted by Gasteiger charge is -2.31. The molecule has 0 bridgehead atoms. The van der Waals surface area contributed by atoms with Crippen LogP contribution in [0.15, 0.2) is 18.3 Å². The average Bonchev–Trinajstić information content (AvgIpc) is 3.26. The molecule has 0 saturated carbocycles. The van der Waals surface area contributed by atoms with Crippen LogP contribution in [0.25, 0.3) is 10.4 Å². The number of thiazole rings is 1. The number of pyridine rings is 1. The van der Waals surface area contributed by atoms with Crippen molar-refractivity contribution in [3.63, 3.8) is 0 Å². The van der Waals surface area contributed by atoms with E-state index in [1.807, 2.05) is 19.1 Å². The summed E-state index contributed by atoms with van der Waals surface area (Å²) in [7, 11) is 0. The SMILES string of the molecule is CCN(CC)c1cc(-c2sc(NC(=O)N3CCC[C@@]3(C)C(N)=O)nc2C)ccn1. The topological polar surface area (TPSA) is 104 Å². The Bertz CT molecular complexity index is 910. The molecule has 1 aliphatic rings. The Morgan fingerprint density at radius 2 is 2.10 bits per heavy atom. The number of nitrogens with two attached hydrogens (primary N) is 1. The molecule has 3 rings (SSSR count). The van der Waals surface area contributed by atoms with Gasteiger partial charge in [-0.2, -0.15) is 0 Å². The number of urea groups is 1. The van der Waals surface area contributed by atoms with Gasteiger partial charge in [0.05, 0.1) is 10.6 Å². The predicted molar refractivity (Wildman–Crippen MR) is 116 cm³/mol. The molecule has 3 amide bonds. The van der Waals surface area contributed by atoms with Gasteiger partial charge in [0.1, 0.15) is 11.4 Å². The summed E-state index contributed by atoms with van der Waals surface area (Å²) in [4.78, 5) is 38.3. The summed E-state index contributed by atoms with van der Waals surface area (Å²) in [5.41, 5.74) is 6.43. The number of hydrogen-bond acceptors (Lipinski definition) is 6. The fraction of sp³-hybridized carbons (Fsp3) is 0.500. The van der Waals surface area contributed by atoms with Gasteiger partial charge in [0.15, 0.2) is 5.13 Å². The Balaban J connectivity index is 1.82. The van der Waals surface area contributed by atoms with Gasteiger partial charge >= 0.3 is 6.03 Å². The number of hydrogen-bond donors (Lipinski definition) is 2. The molecule has 3 N–H and O–H groups in total. The molecule has 3 heterocycles. The summed E-state index contributed by atoms with van der Waals surface area (Å²) in [6.07, 6.45) is 3.12. The molecule has 0 unspecified atom stereocenters. The minimum atomic E-state index is -0.955. The van der Waals surface area contributed by atoms with E-state index in [0.717, 1.165) is 41.5 Å². The summed E-state index contributed by atoms with van der Waals surface area (Å²) < 4.78 is 0. The Morgan fingerprint density at radius 3 is 2.76 bits per heavy atom. The van der Waals surface area contributed by atoms with Gasteiger partial charge in [-0.05, 0) is 58.2 Å². The first-order chi connectivity index (χ1) is 13.8. The van der Waals surface area contributed by atoms with Crippen LogP contribution in [0.4, 0.5) is 15.7 Å². The highest BCUT2D eigenvalue weighted by Gasteiger charge is 2.44. The molecule has 1 fully saturated rings. The number of rotatable bonds is 6. The molecule has 0 aromatic carbocycles. The van der Waals surface area contributed by atoms with E-state index in [2.05, 4.69) is 34.0 Å². The Kier molecular flexibility index (Phi) is 6.07. The van der Waals surface area contributed by atoms with E-state index in [4.69, 9.17) is 5.73 Å². The average molecular weight is 417 g/mol. The fourth-order valence-electron chi connectivity index (χ4n) is 3.70. The zero-order valence-electron chi connectivity index (χ0n) is 17.4. The molecule has 1 atom stereocenters. The number of nitrogens with one attached hydrogen (secondary N) is 1. The first kappa shape index (κ1) is 21.0. The molecule has 0 radical (unpaired) electrons. The van der Waals surface area contributed by atoms with Crippen LogP contribution in [0.1, 0.15) is 39.3 Å². The second-order valence-electron chi connectivity index (χ2n) is 7.33. The number of amides is 3. The van der Waals surface area contributed by atoms with Crippen molar-refractivity contribution in [3.8, 4) is 10.4 Å². The fourth-order valence-corrected chi connectivity index (χ4v) is 4.65. The van der Waals surface area contributed by atoms with Crippen molar-refractivity contribution in [3.05, 3.63) is 24.0 Å². The van der Waals surface area contributed by atoms with Crippen LogP contribution in [0, 0.1) is 6.92 Å². The van der Waals surface area contributed by atoms with Crippen LogP contribution >= 0.6 is 11.3 Å². The quantitative estimate of drug-likeness (QED) is 0.752. The smallest absolute Gasteiger partial charge is 0.324 e. The van der Waals surface area contributed by atoms with E-state index in [1.165, 1.54) is 16.2 Å². The van der Waals surface area contributed by atoms with E-state index in [0.29, 0.717) is 18.1 Å². The predicted octanol–water partition coefficient (Wildman–Crippen LogP) is 3.23. The maximum atomic E-state index is 12.8. The number of aryl methyl sites for hydroxylation is 1. The van der Waals surface area contributed by atoms with E-state index in [1.54, 1.807) is 13.1 Å².